The molecule has 35 heavy (non-hydrogen) atoms. The summed E-state index contributed by atoms with van der Waals surface area (Å²) in [5, 5.41) is 2.32. The van der Waals surface area contributed by atoms with E-state index < -0.39 is 17.8 Å². The van der Waals surface area contributed by atoms with E-state index in [2.05, 4.69) is 15.2 Å². The van der Waals surface area contributed by atoms with Crippen LogP contribution in [0.5, 0.6) is 0 Å². The molecule has 1 aromatic heterocycles. The minimum Gasteiger partial charge on any atom is -0.443 e. The summed E-state index contributed by atoms with van der Waals surface area (Å²) < 4.78 is 19.9. The van der Waals surface area contributed by atoms with Crippen molar-refractivity contribution in [3.63, 3.8) is 0 Å². The highest BCUT2D eigenvalue weighted by atomic mass is 19.1. The third-order valence-electron chi connectivity index (χ3n) is 7.48. The van der Waals surface area contributed by atoms with Crippen LogP contribution in [-0.2, 0) is 22.7 Å². The maximum Gasteiger partial charge on any atom is 0.255 e. The molecule has 0 aliphatic carbocycles. The second-order valence-corrected chi connectivity index (χ2v) is 9.63. The molecule has 2 aromatic carbocycles. The monoisotopic (exact) mass is 476 g/mol. The van der Waals surface area contributed by atoms with Gasteiger partial charge in [-0.15, -0.1) is 0 Å². The van der Waals surface area contributed by atoms with E-state index >= 15 is 0 Å². The number of oxazole rings is 1. The number of carbonyl (C=O) groups excluding carboxylic acids is 3. The number of nitrogens with zero attached hydrogens (tertiary/aromatic N) is 3. The summed E-state index contributed by atoms with van der Waals surface area (Å²) in [5.41, 5.74) is 4.81. The fraction of sp³-hybridized carbons (Fsp3) is 0.385. The summed E-state index contributed by atoms with van der Waals surface area (Å²) in [5.74, 6) is -1.41. The Morgan fingerprint density at radius 2 is 1.91 bits per heavy atom. The molecule has 9 heteroatoms. The molecular weight excluding hydrogens is 451 g/mol. The number of hydrogen-bond donors (Lipinski definition) is 1. The number of rotatable bonds is 4. The first-order valence-corrected chi connectivity index (χ1v) is 12.0. The van der Waals surface area contributed by atoms with Gasteiger partial charge in [0.1, 0.15) is 17.4 Å². The number of piperidine rings is 2. The van der Waals surface area contributed by atoms with Crippen LogP contribution in [0.3, 0.4) is 0 Å². The normalized spacial score (nSPS) is 21.6. The lowest BCUT2D eigenvalue weighted by atomic mass is 9.85. The standard InChI is InChI=1S/C26H25FN4O4/c27-17-10-18(20-13-31(26(34)19(20)11-17)22-2-4-24(32)29-25(22)33)16-5-7-30(8-6-16)12-15-1-3-23-21(9-15)28-14-35-23/h1,3,9-11,14,16,22H,2,4-8,12-13H2,(H,29,32,33). The Morgan fingerprint density at radius 1 is 1.09 bits per heavy atom. The van der Waals surface area contributed by atoms with Crippen molar-refractivity contribution in [2.45, 2.75) is 50.7 Å². The molecule has 8 nitrogen and oxygen atoms in total. The van der Waals surface area contributed by atoms with Crippen molar-refractivity contribution in [3.05, 3.63) is 64.8 Å². The Morgan fingerprint density at radius 3 is 2.71 bits per heavy atom. The average Bonchev–Trinajstić information content (AvgIpc) is 3.44. The molecule has 3 aliphatic heterocycles. The highest BCUT2D eigenvalue weighted by Gasteiger charge is 2.41. The third-order valence-corrected chi connectivity index (χ3v) is 7.48. The van der Waals surface area contributed by atoms with Gasteiger partial charge in [0.05, 0.1) is 0 Å². The zero-order valence-corrected chi connectivity index (χ0v) is 19.1. The minimum atomic E-state index is -0.701. The molecule has 3 aliphatic rings. The van der Waals surface area contributed by atoms with Gasteiger partial charge in [0.2, 0.25) is 11.8 Å². The van der Waals surface area contributed by atoms with Crippen molar-refractivity contribution in [2.24, 2.45) is 0 Å². The summed E-state index contributed by atoms with van der Waals surface area (Å²) in [6.07, 6.45) is 3.65. The number of imide groups is 1. The van der Waals surface area contributed by atoms with Crippen molar-refractivity contribution >= 4 is 28.8 Å². The van der Waals surface area contributed by atoms with Gasteiger partial charge in [0.15, 0.2) is 12.0 Å². The van der Waals surface area contributed by atoms with Gasteiger partial charge >= 0.3 is 0 Å². The van der Waals surface area contributed by atoms with Crippen molar-refractivity contribution in [2.75, 3.05) is 13.1 Å². The van der Waals surface area contributed by atoms with E-state index in [0.29, 0.717) is 12.0 Å². The first kappa shape index (κ1) is 21.9. The van der Waals surface area contributed by atoms with Crippen molar-refractivity contribution in [1.82, 2.24) is 20.1 Å². The van der Waals surface area contributed by atoms with E-state index in [1.54, 1.807) is 6.07 Å². The smallest absolute Gasteiger partial charge is 0.255 e. The van der Waals surface area contributed by atoms with Crippen LogP contribution in [-0.4, -0.2) is 51.6 Å². The minimum absolute atomic E-state index is 0.142. The zero-order valence-electron chi connectivity index (χ0n) is 19.1. The largest absolute Gasteiger partial charge is 0.443 e. The lowest BCUT2D eigenvalue weighted by Gasteiger charge is -2.33. The number of amides is 3. The predicted octanol–water partition coefficient (Wildman–Crippen LogP) is 3.11. The Kier molecular flexibility index (Phi) is 5.36. The molecule has 1 atom stereocenters. The van der Waals surface area contributed by atoms with Crippen molar-refractivity contribution in [1.29, 1.82) is 0 Å². The van der Waals surface area contributed by atoms with Gasteiger partial charge < -0.3 is 9.32 Å². The van der Waals surface area contributed by atoms with Crippen LogP contribution in [0.1, 0.15) is 58.6 Å². The number of fused-ring (bicyclic) bond motifs is 2. The molecule has 0 spiro atoms. The van der Waals surface area contributed by atoms with Gasteiger partial charge in [-0.25, -0.2) is 9.37 Å². The average molecular weight is 477 g/mol. The molecule has 4 heterocycles. The molecule has 1 N–H and O–H groups in total. The third kappa shape index (κ3) is 3.99. The molecule has 3 amide bonds. The number of halogens is 1. The van der Waals surface area contributed by atoms with Crippen LogP contribution in [0.2, 0.25) is 0 Å². The summed E-state index contributed by atoms with van der Waals surface area (Å²) in [4.78, 5) is 45.1. The van der Waals surface area contributed by atoms with Crippen molar-refractivity contribution < 1.29 is 23.2 Å². The van der Waals surface area contributed by atoms with Gasteiger partial charge in [-0.3, -0.25) is 24.6 Å². The fourth-order valence-corrected chi connectivity index (χ4v) is 5.68. The maximum absolute atomic E-state index is 14.6. The van der Waals surface area contributed by atoms with Gasteiger partial charge in [-0.05, 0) is 79.2 Å². The van der Waals surface area contributed by atoms with E-state index in [0.717, 1.165) is 54.7 Å². The highest BCUT2D eigenvalue weighted by molar-refractivity contribution is 6.05. The molecule has 0 radical (unpaired) electrons. The molecule has 0 bridgehead atoms. The molecular formula is C26H25FN4O4. The van der Waals surface area contributed by atoms with E-state index in [1.807, 2.05) is 18.2 Å². The SMILES string of the molecule is O=C1CCC(N2Cc3c(cc(F)cc3C3CCN(Cc4ccc5ocnc5c4)CC3)C2=O)C(=O)N1. The molecule has 2 fully saturated rings. The Balaban J connectivity index is 1.17. The Hall–Kier alpha value is -3.59. The second kappa shape index (κ2) is 8.57. The summed E-state index contributed by atoms with van der Waals surface area (Å²) in [6, 6.07) is 8.16. The van der Waals surface area contributed by atoms with Crippen LogP contribution in [0.25, 0.3) is 11.1 Å². The number of hydrogen-bond acceptors (Lipinski definition) is 6. The lowest BCUT2D eigenvalue weighted by molar-refractivity contribution is -0.136. The molecule has 180 valence electrons. The Labute approximate surface area is 201 Å². The number of carbonyl (C=O) groups is 3. The number of aromatic nitrogens is 1. The van der Waals surface area contributed by atoms with E-state index in [9.17, 15) is 18.8 Å². The summed E-state index contributed by atoms with van der Waals surface area (Å²) in [7, 11) is 0. The molecule has 1 unspecified atom stereocenters. The van der Waals surface area contributed by atoms with Crippen molar-refractivity contribution in [3.8, 4) is 0 Å². The van der Waals surface area contributed by atoms with Gasteiger partial charge in [0.25, 0.3) is 5.91 Å². The first-order valence-electron chi connectivity index (χ1n) is 12.0. The topological polar surface area (TPSA) is 95.8 Å². The van der Waals surface area contributed by atoms with Gasteiger partial charge in [-0.2, -0.15) is 0 Å². The van der Waals surface area contributed by atoms with Gasteiger partial charge in [-0.1, -0.05) is 6.07 Å². The highest BCUT2D eigenvalue weighted by Crippen LogP contribution is 2.38. The molecule has 0 saturated carbocycles. The fourth-order valence-electron chi connectivity index (χ4n) is 5.68. The summed E-state index contributed by atoms with van der Waals surface area (Å²) in [6.45, 7) is 2.79. The summed E-state index contributed by atoms with van der Waals surface area (Å²) >= 11 is 0. The van der Waals surface area contributed by atoms with Crippen LogP contribution >= 0.6 is 0 Å². The number of likely N-dealkylation sites (tertiary alicyclic amines) is 1. The first-order chi connectivity index (χ1) is 17.0. The van der Waals surface area contributed by atoms with Crippen LogP contribution in [0.4, 0.5) is 4.39 Å². The maximum atomic E-state index is 14.6. The lowest BCUT2D eigenvalue weighted by Crippen LogP contribution is -2.52. The molecule has 2 saturated heterocycles. The van der Waals surface area contributed by atoms with Gasteiger partial charge in [0, 0.05) is 25.1 Å². The zero-order chi connectivity index (χ0) is 24.1. The molecule has 6 rings (SSSR count). The quantitative estimate of drug-likeness (QED) is 0.582. The Bertz CT molecular complexity index is 1340. The number of benzene rings is 2. The van der Waals surface area contributed by atoms with Crippen LogP contribution in [0.15, 0.2) is 41.1 Å². The second-order valence-electron chi connectivity index (χ2n) is 9.63. The predicted molar refractivity (Wildman–Crippen MR) is 124 cm³/mol. The van der Waals surface area contributed by atoms with E-state index in [-0.39, 0.29) is 30.7 Å². The van der Waals surface area contributed by atoms with Crippen LogP contribution in [0, 0.1) is 5.82 Å². The molecule has 3 aromatic rings. The van der Waals surface area contributed by atoms with Crippen LogP contribution < -0.4 is 5.32 Å². The van der Waals surface area contributed by atoms with E-state index in [4.69, 9.17) is 4.42 Å². The van der Waals surface area contributed by atoms with E-state index in [1.165, 1.54) is 22.9 Å². The number of nitrogens with one attached hydrogen (secondary N) is 1.